The van der Waals surface area contributed by atoms with Crippen molar-refractivity contribution in [3.05, 3.63) is 59.9 Å². The molecule has 8 nitrogen and oxygen atoms in total. The van der Waals surface area contributed by atoms with Gasteiger partial charge in [-0.1, -0.05) is 18.2 Å². The number of pyridine rings is 1. The first-order chi connectivity index (χ1) is 14.7. The van der Waals surface area contributed by atoms with Crippen molar-refractivity contribution in [1.29, 1.82) is 0 Å². The van der Waals surface area contributed by atoms with Gasteiger partial charge in [0, 0.05) is 37.0 Å². The normalized spacial score (nSPS) is 15.9. The maximum absolute atomic E-state index is 13.1. The lowest BCUT2D eigenvalue weighted by molar-refractivity contribution is 0.0984. The maximum atomic E-state index is 13.1. The first kappa shape index (κ1) is 18.5. The van der Waals surface area contributed by atoms with Gasteiger partial charge in [0.15, 0.2) is 0 Å². The molecule has 1 aromatic carbocycles. The second kappa shape index (κ2) is 7.72. The number of benzene rings is 1. The molecule has 3 aromatic rings. The van der Waals surface area contributed by atoms with E-state index < -0.39 is 0 Å². The van der Waals surface area contributed by atoms with Crippen LogP contribution in [0.3, 0.4) is 0 Å². The highest BCUT2D eigenvalue weighted by atomic mass is 16.5. The molecule has 0 spiro atoms. The molecule has 1 N–H and O–H groups in total. The Bertz CT molecular complexity index is 1080. The Morgan fingerprint density at radius 3 is 2.67 bits per heavy atom. The smallest absolute Gasteiger partial charge is 0.278 e. The number of phenols is 1. The molecule has 2 aliphatic rings. The summed E-state index contributed by atoms with van der Waals surface area (Å²) in [7, 11) is 0. The molecular formula is C22H21N5O3. The van der Waals surface area contributed by atoms with E-state index in [4.69, 9.17) is 14.7 Å². The van der Waals surface area contributed by atoms with Crippen molar-refractivity contribution in [1.82, 2.24) is 15.0 Å². The molecule has 0 radical (unpaired) electrons. The van der Waals surface area contributed by atoms with E-state index in [-0.39, 0.29) is 11.7 Å². The molecule has 1 fully saturated rings. The summed E-state index contributed by atoms with van der Waals surface area (Å²) in [5.41, 5.74) is 2.83. The third kappa shape index (κ3) is 3.35. The van der Waals surface area contributed by atoms with Gasteiger partial charge >= 0.3 is 0 Å². The predicted octanol–water partition coefficient (Wildman–Crippen LogP) is 2.28. The van der Waals surface area contributed by atoms with E-state index in [9.17, 15) is 9.90 Å². The van der Waals surface area contributed by atoms with Crippen molar-refractivity contribution >= 4 is 17.7 Å². The van der Waals surface area contributed by atoms with Gasteiger partial charge in [-0.15, -0.1) is 0 Å². The van der Waals surface area contributed by atoms with Crippen LogP contribution in [0.1, 0.15) is 16.1 Å². The Hall–Kier alpha value is -3.52. The van der Waals surface area contributed by atoms with Gasteiger partial charge in [-0.2, -0.15) is 4.98 Å². The van der Waals surface area contributed by atoms with Gasteiger partial charge < -0.3 is 14.7 Å². The van der Waals surface area contributed by atoms with Crippen LogP contribution < -0.4 is 9.80 Å². The average Bonchev–Trinajstić information content (AvgIpc) is 3.23. The lowest BCUT2D eigenvalue weighted by Gasteiger charge is -2.28. The van der Waals surface area contributed by atoms with E-state index >= 15 is 0 Å². The van der Waals surface area contributed by atoms with Gasteiger partial charge in [0.25, 0.3) is 5.91 Å². The zero-order valence-electron chi connectivity index (χ0n) is 16.4. The summed E-state index contributed by atoms with van der Waals surface area (Å²) in [6.07, 6.45) is 2.25. The zero-order chi connectivity index (χ0) is 20.5. The van der Waals surface area contributed by atoms with E-state index in [2.05, 4.69) is 9.88 Å². The van der Waals surface area contributed by atoms with Crippen LogP contribution in [0.2, 0.25) is 0 Å². The predicted molar refractivity (Wildman–Crippen MR) is 112 cm³/mol. The quantitative estimate of drug-likeness (QED) is 0.717. The van der Waals surface area contributed by atoms with E-state index in [0.717, 1.165) is 16.8 Å². The number of hydrogen-bond acceptors (Lipinski definition) is 7. The Labute approximate surface area is 173 Å². The number of amides is 1. The summed E-state index contributed by atoms with van der Waals surface area (Å²) in [5, 5.41) is 9.99. The molecule has 30 heavy (non-hydrogen) atoms. The highest BCUT2D eigenvalue weighted by Crippen LogP contribution is 2.37. The summed E-state index contributed by atoms with van der Waals surface area (Å²) in [6.45, 7) is 3.10. The largest absolute Gasteiger partial charge is 0.508 e. The van der Waals surface area contributed by atoms with Crippen molar-refractivity contribution in [2.45, 2.75) is 6.42 Å². The summed E-state index contributed by atoms with van der Waals surface area (Å²) in [5.74, 6) is 1.17. The third-order valence-corrected chi connectivity index (χ3v) is 5.36. The second-order valence-electron chi connectivity index (χ2n) is 7.25. The van der Waals surface area contributed by atoms with E-state index in [0.29, 0.717) is 56.7 Å². The molecule has 2 aliphatic heterocycles. The van der Waals surface area contributed by atoms with Gasteiger partial charge in [-0.25, -0.2) is 4.98 Å². The van der Waals surface area contributed by atoms with Gasteiger partial charge in [0.2, 0.25) is 5.95 Å². The minimum absolute atomic E-state index is 0.173. The minimum atomic E-state index is -0.178. The second-order valence-corrected chi connectivity index (χ2v) is 7.25. The number of fused-ring (bicyclic) bond motifs is 1. The molecule has 0 bridgehead atoms. The number of aromatic nitrogens is 3. The van der Waals surface area contributed by atoms with Crippen LogP contribution in [0.25, 0.3) is 11.3 Å². The van der Waals surface area contributed by atoms with Crippen molar-refractivity contribution in [2.24, 2.45) is 0 Å². The highest BCUT2D eigenvalue weighted by Gasteiger charge is 2.32. The Morgan fingerprint density at radius 1 is 1.03 bits per heavy atom. The van der Waals surface area contributed by atoms with E-state index in [1.54, 1.807) is 47.5 Å². The van der Waals surface area contributed by atoms with Crippen LogP contribution in [0.5, 0.6) is 5.75 Å². The number of anilines is 2. The van der Waals surface area contributed by atoms with E-state index in [1.165, 1.54) is 0 Å². The van der Waals surface area contributed by atoms with Crippen molar-refractivity contribution in [3.63, 3.8) is 0 Å². The van der Waals surface area contributed by atoms with Gasteiger partial charge in [-0.3, -0.25) is 14.7 Å². The molecule has 8 heteroatoms. The van der Waals surface area contributed by atoms with Crippen LogP contribution >= 0.6 is 0 Å². The monoisotopic (exact) mass is 403 g/mol. The summed E-state index contributed by atoms with van der Waals surface area (Å²) >= 11 is 0. The summed E-state index contributed by atoms with van der Waals surface area (Å²) < 4.78 is 5.46. The molecule has 152 valence electrons. The van der Waals surface area contributed by atoms with Crippen molar-refractivity contribution in [3.8, 4) is 17.0 Å². The lowest BCUT2D eigenvalue weighted by Crippen LogP contribution is -2.38. The molecule has 4 heterocycles. The van der Waals surface area contributed by atoms with Gasteiger partial charge in [0.1, 0.15) is 17.3 Å². The molecule has 0 atom stereocenters. The zero-order valence-corrected chi connectivity index (χ0v) is 16.4. The number of hydrogen-bond donors (Lipinski definition) is 1. The molecule has 2 aromatic heterocycles. The number of rotatable bonds is 3. The maximum Gasteiger partial charge on any atom is 0.278 e. The summed E-state index contributed by atoms with van der Waals surface area (Å²) in [6, 6.07) is 12.3. The van der Waals surface area contributed by atoms with Crippen molar-refractivity contribution in [2.75, 3.05) is 42.6 Å². The van der Waals surface area contributed by atoms with Crippen molar-refractivity contribution < 1.29 is 14.6 Å². The molecule has 0 saturated carbocycles. The van der Waals surface area contributed by atoms with Gasteiger partial charge in [0.05, 0.1) is 18.9 Å². The van der Waals surface area contributed by atoms with Gasteiger partial charge in [-0.05, 0) is 30.7 Å². The summed E-state index contributed by atoms with van der Waals surface area (Å²) in [4.78, 5) is 30.7. The number of phenolic OH excluding ortho intramolecular Hbond substituents is 1. The molecular weight excluding hydrogens is 382 g/mol. The van der Waals surface area contributed by atoms with Crippen LogP contribution in [-0.4, -0.2) is 58.8 Å². The van der Waals surface area contributed by atoms with E-state index in [1.807, 2.05) is 6.07 Å². The Balaban J connectivity index is 1.62. The number of ether oxygens (including phenoxy) is 1. The number of nitrogens with zero attached hydrogens (tertiary/aromatic N) is 5. The molecule has 1 saturated heterocycles. The first-order valence-corrected chi connectivity index (χ1v) is 9.96. The topological polar surface area (TPSA) is 91.7 Å². The highest BCUT2D eigenvalue weighted by molar-refractivity contribution is 6.06. The molecule has 5 rings (SSSR count). The van der Waals surface area contributed by atoms with Crippen LogP contribution in [0.4, 0.5) is 11.8 Å². The number of carbonyl (C=O) groups is 1. The number of aromatic hydroxyl groups is 1. The number of carbonyl (C=O) groups excluding carboxylic acids is 1. The van der Waals surface area contributed by atoms with Crippen LogP contribution in [-0.2, 0) is 11.2 Å². The minimum Gasteiger partial charge on any atom is -0.508 e. The van der Waals surface area contributed by atoms with Crippen LogP contribution in [0, 0.1) is 0 Å². The molecule has 1 amide bonds. The standard InChI is InChI=1S/C22H21N5O3/c28-16-5-3-4-15(14-16)19-17-7-9-27(21(29)18-6-1-2-8-23-18)20(17)25-22(24-19)26-10-12-30-13-11-26/h1-6,8,14,28H,7,9-13H2. The Kier molecular flexibility index (Phi) is 4.76. The fraction of sp³-hybridized carbons (Fsp3) is 0.273. The Morgan fingerprint density at radius 2 is 1.90 bits per heavy atom. The van der Waals surface area contributed by atoms with Crippen LogP contribution in [0.15, 0.2) is 48.7 Å². The fourth-order valence-electron chi connectivity index (χ4n) is 3.87. The molecule has 0 unspecified atom stereocenters. The third-order valence-electron chi connectivity index (χ3n) is 5.36. The number of morpholine rings is 1. The lowest BCUT2D eigenvalue weighted by atomic mass is 10.1. The molecule has 0 aliphatic carbocycles. The first-order valence-electron chi connectivity index (χ1n) is 9.96. The average molecular weight is 403 g/mol. The fourth-order valence-corrected chi connectivity index (χ4v) is 3.87. The SMILES string of the molecule is O=C(c1ccccn1)N1CCc2c(-c3cccc(O)c3)nc(N3CCOCC3)nc21.